The molecule has 0 unspecified atom stereocenters. The minimum Gasteiger partial charge on any atom is -0.339 e. The number of fused-ring (bicyclic) bond motifs is 1. The quantitative estimate of drug-likeness (QED) is 0.350. The Morgan fingerprint density at radius 1 is 1.07 bits per heavy atom. The second-order valence-corrected chi connectivity index (χ2v) is 8.33. The SMILES string of the molecule is Cc1cc(C)cc(-n2c(SCc3noc(C(C)C)n3)nc3ccccc3c2=O)c1. The van der Waals surface area contributed by atoms with Crippen molar-refractivity contribution >= 4 is 22.7 Å². The van der Waals surface area contributed by atoms with Crippen LogP contribution in [0.1, 0.15) is 42.6 Å². The highest BCUT2D eigenvalue weighted by Crippen LogP contribution is 2.25. The van der Waals surface area contributed by atoms with Gasteiger partial charge in [0, 0.05) is 5.92 Å². The maximum atomic E-state index is 13.3. The van der Waals surface area contributed by atoms with E-state index in [9.17, 15) is 4.79 Å². The second kappa shape index (κ2) is 7.83. The normalized spacial score (nSPS) is 11.5. The van der Waals surface area contributed by atoms with E-state index in [1.807, 2.05) is 64.1 Å². The van der Waals surface area contributed by atoms with E-state index in [1.54, 1.807) is 4.57 Å². The molecule has 29 heavy (non-hydrogen) atoms. The zero-order valence-electron chi connectivity index (χ0n) is 16.8. The van der Waals surface area contributed by atoms with E-state index in [0.717, 1.165) is 16.8 Å². The van der Waals surface area contributed by atoms with E-state index in [-0.39, 0.29) is 11.5 Å². The molecule has 2 aromatic carbocycles. The number of aromatic nitrogens is 4. The van der Waals surface area contributed by atoms with E-state index in [2.05, 4.69) is 16.2 Å². The summed E-state index contributed by atoms with van der Waals surface area (Å²) in [6.45, 7) is 8.06. The molecule has 2 heterocycles. The Hall–Kier alpha value is -2.93. The molecule has 6 nitrogen and oxygen atoms in total. The molecule has 0 aliphatic rings. The summed E-state index contributed by atoms with van der Waals surface area (Å²) in [6.07, 6.45) is 0. The number of nitrogens with zero attached hydrogens (tertiary/aromatic N) is 4. The molecule has 0 bridgehead atoms. The summed E-state index contributed by atoms with van der Waals surface area (Å²) in [5.74, 6) is 1.84. The molecule has 4 rings (SSSR count). The zero-order valence-corrected chi connectivity index (χ0v) is 17.7. The Kier molecular flexibility index (Phi) is 5.24. The van der Waals surface area contributed by atoms with Gasteiger partial charge in [0.25, 0.3) is 5.56 Å². The van der Waals surface area contributed by atoms with Crippen molar-refractivity contribution in [2.75, 3.05) is 0 Å². The van der Waals surface area contributed by atoms with Crippen molar-refractivity contribution < 1.29 is 4.52 Å². The van der Waals surface area contributed by atoms with Gasteiger partial charge in [0.1, 0.15) is 0 Å². The standard InChI is InChI=1S/C22H22N4O2S/c1-13(2)20-24-19(25-28-20)12-29-22-23-18-8-6-5-7-17(18)21(27)26(22)16-10-14(3)9-15(4)11-16/h5-11,13H,12H2,1-4H3. The molecule has 2 aromatic heterocycles. The molecule has 0 N–H and O–H groups in total. The molecule has 4 aromatic rings. The molecule has 0 spiro atoms. The van der Waals surface area contributed by atoms with E-state index >= 15 is 0 Å². The molecule has 148 valence electrons. The molecular weight excluding hydrogens is 384 g/mol. The van der Waals surface area contributed by atoms with Gasteiger partial charge in [0.05, 0.1) is 22.3 Å². The zero-order chi connectivity index (χ0) is 20.5. The molecule has 0 radical (unpaired) electrons. The summed E-state index contributed by atoms with van der Waals surface area (Å²) in [6, 6.07) is 13.5. The maximum absolute atomic E-state index is 13.3. The third-order valence-corrected chi connectivity index (χ3v) is 5.45. The van der Waals surface area contributed by atoms with Gasteiger partial charge in [-0.2, -0.15) is 4.98 Å². The van der Waals surface area contributed by atoms with Crippen LogP contribution in [0.15, 0.2) is 56.9 Å². The van der Waals surface area contributed by atoms with Gasteiger partial charge in [0.15, 0.2) is 11.0 Å². The molecule has 0 saturated carbocycles. The van der Waals surface area contributed by atoms with Crippen LogP contribution in [0.2, 0.25) is 0 Å². The molecule has 7 heteroatoms. The monoisotopic (exact) mass is 406 g/mol. The molecule has 0 aliphatic carbocycles. The van der Waals surface area contributed by atoms with Crippen molar-refractivity contribution in [2.45, 2.75) is 44.5 Å². The van der Waals surface area contributed by atoms with Crippen LogP contribution in [0.3, 0.4) is 0 Å². The predicted molar refractivity (Wildman–Crippen MR) is 115 cm³/mol. The lowest BCUT2D eigenvalue weighted by molar-refractivity contribution is 0.362. The third kappa shape index (κ3) is 3.96. The third-order valence-electron chi connectivity index (χ3n) is 4.52. The first-order valence-corrected chi connectivity index (χ1v) is 10.5. The number of aryl methyl sites for hydroxylation is 2. The Balaban J connectivity index is 1.81. The van der Waals surface area contributed by atoms with Gasteiger partial charge in [-0.15, -0.1) is 0 Å². The van der Waals surface area contributed by atoms with Gasteiger partial charge in [-0.05, 0) is 49.2 Å². The maximum Gasteiger partial charge on any atom is 0.266 e. The summed E-state index contributed by atoms with van der Waals surface area (Å²) in [4.78, 5) is 22.5. The molecule has 0 atom stereocenters. The highest BCUT2D eigenvalue weighted by atomic mass is 32.2. The number of thioether (sulfide) groups is 1. The lowest BCUT2D eigenvalue weighted by Gasteiger charge is -2.14. The van der Waals surface area contributed by atoms with Crippen LogP contribution in [0.5, 0.6) is 0 Å². The Bertz CT molecular complexity index is 1220. The fraction of sp³-hybridized carbons (Fsp3) is 0.273. The summed E-state index contributed by atoms with van der Waals surface area (Å²) in [5, 5.41) is 5.25. The number of rotatable bonds is 5. The highest BCUT2D eigenvalue weighted by molar-refractivity contribution is 7.98. The van der Waals surface area contributed by atoms with Crippen LogP contribution in [-0.4, -0.2) is 19.7 Å². The fourth-order valence-corrected chi connectivity index (χ4v) is 4.06. The van der Waals surface area contributed by atoms with Crippen LogP contribution >= 0.6 is 11.8 Å². The van der Waals surface area contributed by atoms with Crippen molar-refractivity contribution in [2.24, 2.45) is 0 Å². The van der Waals surface area contributed by atoms with Crippen LogP contribution in [-0.2, 0) is 5.75 Å². The first-order chi connectivity index (χ1) is 13.9. The van der Waals surface area contributed by atoms with Crippen molar-refractivity contribution in [3.63, 3.8) is 0 Å². The van der Waals surface area contributed by atoms with Crippen LogP contribution in [0, 0.1) is 13.8 Å². The minimum atomic E-state index is -0.0842. The first-order valence-electron chi connectivity index (χ1n) is 9.48. The largest absolute Gasteiger partial charge is 0.339 e. The second-order valence-electron chi connectivity index (χ2n) is 7.39. The molecule has 0 fully saturated rings. The van der Waals surface area contributed by atoms with Crippen molar-refractivity contribution in [1.82, 2.24) is 19.7 Å². The number of benzene rings is 2. The van der Waals surface area contributed by atoms with E-state index in [1.165, 1.54) is 11.8 Å². The lowest BCUT2D eigenvalue weighted by Crippen LogP contribution is -2.22. The molecule has 0 aliphatic heterocycles. The average Bonchev–Trinajstić information content (AvgIpc) is 3.15. The van der Waals surface area contributed by atoms with Gasteiger partial charge < -0.3 is 4.52 Å². The van der Waals surface area contributed by atoms with E-state index in [4.69, 9.17) is 9.51 Å². The number of para-hydroxylation sites is 1. The van der Waals surface area contributed by atoms with Crippen LogP contribution in [0.4, 0.5) is 0 Å². The smallest absolute Gasteiger partial charge is 0.266 e. The van der Waals surface area contributed by atoms with Gasteiger partial charge in [-0.3, -0.25) is 9.36 Å². The predicted octanol–water partition coefficient (Wildman–Crippen LogP) is 4.80. The van der Waals surface area contributed by atoms with Gasteiger partial charge in [0.2, 0.25) is 5.89 Å². The van der Waals surface area contributed by atoms with Gasteiger partial charge in [-0.1, -0.05) is 49.0 Å². The summed E-state index contributed by atoms with van der Waals surface area (Å²) in [7, 11) is 0. The number of hydrogen-bond acceptors (Lipinski definition) is 6. The summed E-state index contributed by atoms with van der Waals surface area (Å²) < 4.78 is 6.97. The topological polar surface area (TPSA) is 73.8 Å². The minimum absolute atomic E-state index is 0.0842. The van der Waals surface area contributed by atoms with Crippen molar-refractivity contribution in [3.05, 3.63) is 75.7 Å². The summed E-state index contributed by atoms with van der Waals surface area (Å²) in [5.41, 5.74) is 3.59. The molecule has 0 saturated heterocycles. The molecule has 0 amide bonds. The lowest BCUT2D eigenvalue weighted by atomic mass is 10.1. The Morgan fingerprint density at radius 2 is 1.79 bits per heavy atom. The van der Waals surface area contributed by atoms with Gasteiger partial charge >= 0.3 is 0 Å². The van der Waals surface area contributed by atoms with E-state index in [0.29, 0.717) is 33.5 Å². The van der Waals surface area contributed by atoms with Crippen LogP contribution in [0.25, 0.3) is 16.6 Å². The molecular formula is C22H22N4O2S. The van der Waals surface area contributed by atoms with E-state index < -0.39 is 0 Å². The van der Waals surface area contributed by atoms with Gasteiger partial charge in [-0.25, -0.2) is 4.98 Å². The summed E-state index contributed by atoms with van der Waals surface area (Å²) >= 11 is 1.43. The van der Waals surface area contributed by atoms with Crippen molar-refractivity contribution in [1.29, 1.82) is 0 Å². The average molecular weight is 407 g/mol. The Morgan fingerprint density at radius 3 is 2.48 bits per heavy atom. The van der Waals surface area contributed by atoms with Crippen molar-refractivity contribution in [3.8, 4) is 5.69 Å². The Labute approximate surface area is 173 Å². The number of hydrogen-bond donors (Lipinski definition) is 0. The van der Waals surface area contributed by atoms with Crippen LogP contribution < -0.4 is 5.56 Å². The fourth-order valence-electron chi connectivity index (χ4n) is 3.21. The highest BCUT2D eigenvalue weighted by Gasteiger charge is 2.16. The first kappa shape index (κ1) is 19.4.